The van der Waals surface area contributed by atoms with Crippen LogP contribution in [0.2, 0.25) is 0 Å². The van der Waals surface area contributed by atoms with Crippen LogP contribution >= 0.6 is 0 Å². The molecule has 3 saturated heterocycles. The van der Waals surface area contributed by atoms with Crippen LogP contribution in [-0.4, -0.2) is 157 Å². The molecule has 63 heavy (non-hydrogen) atoms. The number of carbonyl (C=O) groups excluding carboxylic acids is 1. The predicted molar refractivity (Wildman–Crippen MR) is 223 cm³/mol. The average molecular weight is 897 g/mol. The van der Waals surface area contributed by atoms with E-state index >= 15 is 0 Å². The lowest BCUT2D eigenvalue weighted by atomic mass is 9.32. The third-order valence-corrected chi connectivity index (χ3v) is 19.3. The number of aliphatic hydroxyl groups excluding tert-OH is 9. The Bertz CT molecular complexity index is 1700. The first kappa shape index (κ1) is 48.1. The van der Waals surface area contributed by atoms with E-state index in [1.807, 2.05) is 0 Å². The molecule has 8 fully saturated rings. The van der Waals surface area contributed by atoms with E-state index in [0.717, 1.165) is 50.5 Å². The first-order chi connectivity index (χ1) is 29.5. The number of fused-ring (bicyclic) bond motifs is 7. The van der Waals surface area contributed by atoms with Crippen LogP contribution in [0.15, 0.2) is 12.2 Å². The highest BCUT2D eigenvalue weighted by Gasteiger charge is 2.73. The fraction of sp³-hybridized carbons (Fsp3) is 0.936. The summed E-state index contributed by atoms with van der Waals surface area (Å²) in [4.78, 5) is 14.7. The van der Waals surface area contributed by atoms with Crippen molar-refractivity contribution in [3.05, 3.63) is 12.2 Å². The van der Waals surface area contributed by atoms with Crippen molar-refractivity contribution < 1.29 is 79.2 Å². The third-order valence-electron chi connectivity index (χ3n) is 19.3. The van der Waals surface area contributed by atoms with E-state index < -0.39 is 104 Å². The number of allylic oxidation sites excluding steroid dienone is 1. The summed E-state index contributed by atoms with van der Waals surface area (Å²) in [7, 11) is 0. The maximum absolute atomic E-state index is 14.7. The Morgan fingerprint density at radius 2 is 1.37 bits per heavy atom. The lowest BCUT2D eigenvalue weighted by Gasteiger charge is -2.73. The molecule has 0 bridgehead atoms. The Kier molecular flexibility index (Phi) is 13.0. The van der Waals surface area contributed by atoms with Crippen molar-refractivity contribution in [3.8, 4) is 0 Å². The number of hydrogen-bond acceptors (Lipinski definition) is 16. The van der Waals surface area contributed by atoms with Gasteiger partial charge in [0.1, 0.15) is 61.0 Å². The average Bonchev–Trinajstić information content (AvgIpc) is 3.64. The highest BCUT2D eigenvalue weighted by Crippen LogP contribution is 2.78. The van der Waals surface area contributed by atoms with Crippen molar-refractivity contribution in [3.63, 3.8) is 0 Å². The highest BCUT2D eigenvalue weighted by atomic mass is 16.8. The van der Waals surface area contributed by atoms with Gasteiger partial charge in [-0.2, -0.15) is 0 Å². The Balaban J connectivity index is 1.01. The molecule has 0 amide bonds. The molecule has 360 valence electrons. The largest absolute Gasteiger partial charge is 0.432 e. The van der Waals surface area contributed by atoms with Crippen LogP contribution in [0, 0.1) is 56.7 Å². The van der Waals surface area contributed by atoms with Gasteiger partial charge in [0.25, 0.3) is 0 Å². The fourth-order valence-corrected chi connectivity index (χ4v) is 15.6. The molecule has 0 aromatic heterocycles. The summed E-state index contributed by atoms with van der Waals surface area (Å²) in [5, 5.41) is 94.8. The molecule has 0 radical (unpaired) electrons. The number of hydrogen-bond donors (Lipinski definition) is 9. The first-order valence-corrected chi connectivity index (χ1v) is 23.6. The van der Waals surface area contributed by atoms with E-state index in [-0.39, 0.29) is 58.0 Å². The molecule has 5 aliphatic carbocycles. The summed E-state index contributed by atoms with van der Waals surface area (Å²) in [6.07, 6.45) is -11.5. The molecule has 5 saturated carbocycles. The highest BCUT2D eigenvalue weighted by molar-refractivity contribution is 5.78. The summed E-state index contributed by atoms with van der Waals surface area (Å²) in [5.74, 6) is 0.399. The van der Waals surface area contributed by atoms with Crippen LogP contribution < -0.4 is 0 Å². The number of carbonyl (C=O) groups is 1. The van der Waals surface area contributed by atoms with E-state index in [2.05, 4.69) is 48.1 Å². The van der Waals surface area contributed by atoms with Gasteiger partial charge in [-0.05, 0) is 129 Å². The predicted octanol–water partition coefficient (Wildman–Crippen LogP) is 1.66. The number of aliphatic hydroxyl groups is 9. The molecule has 3 heterocycles. The lowest BCUT2D eigenvalue weighted by molar-refractivity contribution is -0.365. The molecule has 9 N–H and O–H groups in total. The molecular weight excluding hydrogens is 821 g/mol. The minimum atomic E-state index is -1.67. The minimum Gasteiger partial charge on any atom is -0.432 e. The second-order valence-corrected chi connectivity index (χ2v) is 22.5. The molecule has 0 spiro atoms. The first-order valence-electron chi connectivity index (χ1n) is 23.6. The van der Waals surface area contributed by atoms with Crippen molar-refractivity contribution in [2.45, 2.75) is 205 Å². The quantitative estimate of drug-likeness (QED) is 0.0955. The van der Waals surface area contributed by atoms with Gasteiger partial charge in [0.2, 0.25) is 6.29 Å². The summed E-state index contributed by atoms with van der Waals surface area (Å²) in [6, 6.07) is 0. The van der Waals surface area contributed by atoms with Gasteiger partial charge in [-0.3, -0.25) is 4.79 Å². The molecule has 3 aliphatic heterocycles. The van der Waals surface area contributed by atoms with Gasteiger partial charge in [0.05, 0.1) is 30.8 Å². The van der Waals surface area contributed by atoms with Crippen molar-refractivity contribution >= 4 is 5.97 Å². The van der Waals surface area contributed by atoms with Crippen LogP contribution in [-0.2, 0) is 33.2 Å². The topological polar surface area (TPSA) is 255 Å². The SMILES string of the molecule is C=C(C)[C@@H]1CC[C@]2(C(=O)O[C@@H]3O[C@H](CO)[C@@H](O)[C@H](O)[C@H]3O)CC[C@]3(C)[C@H](CC[C@@H]4[C@@]5(C)CC[C@H](O[C@H]6OC[C@@H](O)[C@@H](O)[C@@H]6O[C@@H]6O[C@H](C)[C@@H](O)[C@H](O)[C@@H]6O)C(C)(C)[C@@H]5CC[C@]43C)[C@@H]12. The number of ether oxygens (including phenoxy) is 6. The van der Waals surface area contributed by atoms with Gasteiger partial charge >= 0.3 is 5.97 Å². The van der Waals surface area contributed by atoms with E-state index in [4.69, 9.17) is 28.4 Å². The summed E-state index contributed by atoms with van der Waals surface area (Å²) >= 11 is 0. The van der Waals surface area contributed by atoms with E-state index in [1.165, 1.54) is 0 Å². The molecule has 0 unspecified atom stereocenters. The van der Waals surface area contributed by atoms with Crippen LogP contribution in [0.5, 0.6) is 0 Å². The molecular formula is C47H76O16. The van der Waals surface area contributed by atoms with Gasteiger partial charge in [0, 0.05) is 0 Å². The van der Waals surface area contributed by atoms with Gasteiger partial charge in [0.15, 0.2) is 12.6 Å². The smallest absolute Gasteiger partial charge is 0.314 e. The van der Waals surface area contributed by atoms with Crippen molar-refractivity contribution in [1.29, 1.82) is 0 Å². The minimum absolute atomic E-state index is 0.0498. The zero-order valence-electron chi connectivity index (χ0n) is 38.1. The maximum atomic E-state index is 14.7. The lowest BCUT2D eigenvalue weighted by Crippen LogP contribution is -2.68. The number of esters is 1. The third kappa shape index (κ3) is 7.33. The maximum Gasteiger partial charge on any atom is 0.314 e. The second kappa shape index (κ2) is 17.0. The molecule has 0 aromatic rings. The molecule has 24 atom stereocenters. The van der Waals surface area contributed by atoms with Gasteiger partial charge in [-0.15, -0.1) is 0 Å². The van der Waals surface area contributed by atoms with Crippen molar-refractivity contribution in [2.75, 3.05) is 13.2 Å². The molecule has 8 aliphatic rings. The Morgan fingerprint density at radius 1 is 0.683 bits per heavy atom. The standard InChI is InChI=1S/C47H76O16/c1-21(2)23-11-16-47(42(57)63-40-37(56)35(54)33(52)26(19-48)60-40)18-17-45(7)24(30(23)47)9-10-28-44(6)14-13-29(43(4,5)27(44)12-15-46(28,45)8)61-41-38(32(51)25(49)20-58-41)62-39-36(55)34(53)31(50)22(3)59-39/h22-41,48-56H,1,9-20H2,2-8H3/t22-,23+,24-,25-,26-,27+,28-,29+,30-,31-,32-,33-,34+,35+,36+,37-,38+,39+,40+,41-,44+,45-,46-,47+/m1/s1. The van der Waals surface area contributed by atoms with E-state index in [1.54, 1.807) is 6.92 Å². The molecule has 16 heteroatoms. The van der Waals surface area contributed by atoms with Gasteiger partial charge in [-0.1, -0.05) is 46.8 Å². The fourth-order valence-electron chi connectivity index (χ4n) is 15.6. The summed E-state index contributed by atoms with van der Waals surface area (Å²) in [6.45, 7) is 19.1. The zero-order chi connectivity index (χ0) is 45.9. The monoisotopic (exact) mass is 897 g/mol. The second-order valence-electron chi connectivity index (χ2n) is 22.5. The van der Waals surface area contributed by atoms with Crippen LogP contribution in [0.3, 0.4) is 0 Å². The van der Waals surface area contributed by atoms with Crippen LogP contribution in [0.4, 0.5) is 0 Å². The van der Waals surface area contributed by atoms with Gasteiger partial charge in [-0.25, -0.2) is 0 Å². The van der Waals surface area contributed by atoms with Crippen molar-refractivity contribution in [1.82, 2.24) is 0 Å². The summed E-state index contributed by atoms with van der Waals surface area (Å²) < 4.78 is 36.2. The number of rotatable bonds is 8. The zero-order valence-corrected chi connectivity index (χ0v) is 38.1. The normalized spacial score (nSPS) is 55.4. The van der Waals surface area contributed by atoms with Crippen LogP contribution in [0.1, 0.15) is 113 Å². The van der Waals surface area contributed by atoms with Crippen molar-refractivity contribution in [2.24, 2.45) is 56.7 Å². The Labute approximate surface area is 371 Å². The molecule has 0 aromatic carbocycles. The molecule has 8 rings (SSSR count). The Hall–Kier alpha value is -1.35. The van der Waals surface area contributed by atoms with E-state index in [0.29, 0.717) is 25.2 Å². The van der Waals surface area contributed by atoms with Gasteiger partial charge < -0.3 is 74.4 Å². The van der Waals surface area contributed by atoms with E-state index in [9.17, 15) is 50.8 Å². The van der Waals surface area contributed by atoms with Crippen LogP contribution in [0.25, 0.3) is 0 Å². The Morgan fingerprint density at radius 3 is 2.05 bits per heavy atom. The molecule has 16 nitrogen and oxygen atoms in total. The summed E-state index contributed by atoms with van der Waals surface area (Å²) in [5.41, 5.74) is -0.412.